The molecule has 8 nitrogen and oxygen atoms in total. The van der Waals surface area contributed by atoms with Gasteiger partial charge in [-0.2, -0.15) is 10.9 Å². The molecular weight excluding hydrogens is 170 g/mol. The van der Waals surface area contributed by atoms with E-state index in [1.54, 1.807) is 5.53 Å². The van der Waals surface area contributed by atoms with E-state index in [-0.39, 0.29) is 23.7 Å². The first-order valence-corrected chi connectivity index (χ1v) is 3.09. The zero-order valence-electron chi connectivity index (χ0n) is 6.85. The lowest BCUT2D eigenvalue weighted by Gasteiger charge is -2.34. The van der Waals surface area contributed by atoms with Gasteiger partial charge in [-0.25, -0.2) is 9.78 Å². The molecule has 8 heteroatoms. The van der Waals surface area contributed by atoms with Crippen molar-refractivity contribution in [3.8, 4) is 0 Å². The highest BCUT2D eigenvalue weighted by Crippen LogP contribution is 1.83. The third kappa shape index (κ3) is 7.78. The Morgan fingerprint density at radius 2 is 2.00 bits per heavy atom. The van der Waals surface area contributed by atoms with Gasteiger partial charge in [0, 0.05) is 0 Å². The fraction of sp³-hybridized carbons (Fsp3) is 1.00. The molecule has 1 N–H and O–H groups in total. The molecule has 0 aromatic carbocycles. The predicted molar refractivity (Wildman–Crippen MR) is 38.4 cm³/mol. The van der Waals surface area contributed by atoms with E-state index in [1.807, 2.05) is 0 Å². The fourth-order valence-electron chi connectivity index (χ4n) is 0.381. The first-order chi connectivity index (χ1) is 5.66. The van der Waals surface area contributed by atoms with Gasteiger partial charge in [0.1, 0.15) is 6.61 Å². The van der Waals surface area contributed by atoms with Crippen LogP contribution in [0, 0.1) is 10.4 Å². The van der Waals surface area contributed by atoms with Crippen molar-refractivity contribution in [1.29, 1.82) is 0 Å². The Morgan fingerprint density at radius 3 is 2.50 bits per heavy atom. The average Bonchev–Trinajstić information content (AvgIpc) is 1.97. The topological polar surface area (TPSA) is 92.3 Å². The van der Waals surface area contributed by atoms with Gasteiger partial charge in [0.2, 0.25) is 0 Å². The number of hydrogen-bond acceptors (Lipinski definition) is 8. The molecule has 0 aromatic rings. The molecule has 74 valence electrons. The maximum atomic E-state index is 10.5. The molecule has 0 saturated carbocycles. The van der Waals surface area contributed by atoms with Gasteiger partial charge in [0.05, 0.1) is 13.7 Å². The van der Waals surface area contributed by atoms with Gasteiger partial charge in [-0.05, 0) is 7.05 Å². The highest BCUT2D eigenvalue weighted by Gasteiger charge is 1.90. The van der Waals surface area contributed by atoms with E-state index in [0.717, 1.165) is 7.05 Å². The van der Waals surface area contributed by atoms with Crippen LogP contribution in [0.25, 0.3) is 0 Å². The molecule has 0 aliphatic carbocycles. The minimum absolute atomic E-state index is 0.0157. The Kier molecular flexibility index (Phi) is 7.14. The van der Waals surface area contributed by atoms with Crippen LogP contribution in [0.5, 0.6) is 0 Å². The standard InChI is InChI=1S/C4H11N3O5/c1-6(8)5-7(9)11-3-4-12-10-2/h5H,3-4H2,1-2H3/q-2. The molecule has 0 amide bonds. The second-order valence-corrected chi connectivity index (χ2v) is 1.68. The van der Waals surface area contributed by atoms with Crippen LogP contribution >= 0.6 is 0 Å². The Balaban J connectivity index is 3.14. The van der Waals surface area contributed by atoms with E-state index in [9.17, 15) is 10.4 Å². The van der Waals surface area contributed by atoms with Crippen LogP contribution in [0.15, 0.2) is 0 Å². The summed E-state index contributed by atoms with van der Waals surface area (Å²) >= 11 is 0. The van der Waals surface area contributed by atoms with Crippen molar-refractivity contribution < 1.29 is 14.6 Å². The molecule has 0 aliphatic rings. The van der Waals surface area contributed by atoms with Crippen molar-refractivity contribution in [2.75, 3.05) is 27.4 Å². The van der Waals surface area contributed by atoms with Crippen LogP contribution in [0.4, 0.5) is 0 Å². The van der Waals surface area contributed by atoms with Gasteiger partial charge in [-0.15, -0.1) is 0 Å². The van der Waals surface area contributed by atoms with Crippen molar-refractivity contribution >= 4 is 0 Å². The second-order valence-electron chi connectivity index (χ2n) is 1.68. The summed E-state index contributed by atoms with van der Waals surface area (Å²) in [5, 5.41) is 20.8. The third-order valence-corrected chi connectivity index (χ3v) is 0.716. The van der Waals surface area contributed by atoms with E-state index < -0.39 is 0 Å². The van der Waals surface area contributed by atoms with Crippen LogP contribution in [-0.4, -0.2) is 37.9 Å². The van der Waals surface area contributed by atoms with Crippen molar-refractivity contribution in [1.82, 2.24) is 16.0 Å². The number of nitrogens with one attached hydrogen (secondary N) is 1. The molecule has 0 bridgehead atoms. The normalized spacial score (nSPS) is 11.5. The smallest absolute Gasteiger partial charge is 0.108 e. The zero-order valence-corrected chi connectivity index (χ0v) is 6.85. The summed E-state index contributed by atoms with van der Waals surface area (Å²) in [5.74, 6) is 0. The average molecular weight is 181 g/mol. The Hall–Kier alpha value is -0.320. The van der Waals surface area contributed by atoms with Crippen LogP contribution in [0.1, 0.15) is 0 Å². The minimum atomic E-state index is -0.0774. The van der Waals surface area contributed by atoms with Gasteiger partial charge in [0.25, 0.3) is 0 Å². The molecule has 0 radical (unpaired) electrons. The summed E-state index contributed by atoms with van der Waals surface area (Å²) in [6, 6.07) is 0. The number of hydrazine groups is 2. The Morgan fingerprint density at radius 1 is 1.33 bits per heavy atom. The summed E-state index contributed by atoms with van der Waals surface area (Å²) < 4.78 is 0. The number of hydroxylamine groups is 1. The van der Waals surface area contributed by atoms with E-state index in [0.29, 0.717) is 0 Å². The van der Waals surface area contributed by atoms with Gasteiger partial charge in [-0.3, -0.25) is 4.84 Å². The predicted octanol–water partition coefficient (Wildman–Crippen LogP) is -0.855. The van der Waals surface area contributed by atoms with Crippen LogP contribution in [-0.2, 0) is 14.6 Å². The molecule has 12 heavy (non-hydrogen) atoms. The summed E-state index contributed by atoms with van der Waals surface area (Å²) in [5.41, 5.74) is 1.76. The monoisotopic (exact) mass is 181 g/mol. The molecule has 0 atom stereocenters. The van der Waals surface area contributed by atoms with E-state index in [4.69, 9.17) is 0 Å². The molecule has 0 aromatic heterocycles. The first-order valence-electron chi connectivity index (χ1n) is 3.09. The molecular formula is C4H11N3O5-2. The lowest BCUT2D eigenvalue weighted by atomic mass is 10.8. The number of hydrogen-bond donors (Lipinski definition) is 1. The Bertz CT molecular complexity index is 103. The summed E-state index contributed by atoms with van der Waals surface area (Å²) in [4.78, 5) is 13.0. The van der Waals surface area contributed by atoms with Crippen molar-refractivity contribution in [3.63, 3.8) is 0 Å². The van der Waals surface area contributed by atoms with E-state index in [1.165, 1.54) is 7.11 Å². The van der Waals surface area contributed by atoms with Crippen molar-refractivity contribution in [3.05, 3.63) is 10.4 Å². The molecule has 0 saturated heterocycles. The van der Waals surface area contributed by atoms with Gasteiger partial charge >= 0.3 is 0 Å². The largest absolute Gasteiger partial charge is 0.771 e. The fourth-order valence-corrected chi connectivity index (χ4v) is 0.381. The SMILES string of the molecule is COOCCON([O-])NN(C)[O-]. The number of nitrogens with zero attached hydrogens (tertiary/aromatic N) is 2. The molecule has 0 fully saturated rings. The zero-order chi connectivity index (χ0) is 9.40. The third-order valence-electron chi connectivity index (χ3n) is 0.716. The van der Waals surface area contributed by atoms with Crippen LogP contribution in [0.3, 0.4) is 0 Å². The molecule has 0 heterocycles. The van der Waals surface area contributed by atoms with Gasteiger partial charge in [0.15, 0.2) is 0 Å². The minimum Gasteiger partial charge on any atom is -0.771 e. The van der Waals surface area contributed by atoms with Crippen molar-refractivity contribution in [2.24, 2.45) is 0 Å². The summed E-state index contributed by atoms with van der Waals surface area (Å²) in [6.07, 6.45) is 0. The van der Waals surface area contributed by atoms with Gasteiger partial charge in [-0.1, -0.05) is 0 Å². The lowest BCUT2D eigenvalue weighted by Crippen LogP contribution is -2.42. The maximum absolute atomic E-state index is 10.5. The molecule has 0 rings (SSSR count). The van der Waals surface area contributed by atoms with E-state index >= 15 is 0 Å². The van der Waals surface area contributed by atoms with Crippen LogP contribution < -0.4 is 5.53 Å². The van der Waals surface area contributed by atoms with E-state index in [2.05, 4.69) is 14.6 Å². The first kappa shape index (κ1) is 11.7. The maximum Gasteiger partial charge on any atom is 0.108 e. The molecule has 0 unspecified atom stereocenters. The Labute approximate surface area is 69.6 Å². The quantitative estimate of drug-likeness (QED) is 0.308. The highest BCUT2D eigenvalue weighted by molar-refractivity contribution is 4.35. The van der Waals surface area contributed by atoms with Crippen molar-refractivity contribution in [2.45, 2.75) is 0 Å². The van der Waals surface area contributed by atoms with Crippen LogP contribution in [0.2, 0.25) is 0 Å². The molecule has 0 spiro atoms. The number of rotatable bonds is 7. The summed E-state index contributed by atoms with van der Waals surface area (Å²) in [6.45, 7) is 0.0810. The lowest BCUT2D eigenvalue weighted by molar-refractivity contribution is -0.293. The van der Waals surface area contributed by atoms with Gasteiger partial charge < -0.3 is 15.6 Å². The second kappa shape index (κ2) is 7.34. The highest BCUT2D eigenvalue weighted by atomic mass is 17.2. The summed E-state index contributed by atoms with van der Waals surface area (Å²) in [7, 11) is 2.44. The molecule has 0 aliphatic heterocycles.